The number of benzene rings is 1. The molecular formula is C15H17N3OS. The number of fused-ring (bicyclic) bond motifs is 1. The minimum Gasteiger partial charge on any atom is -0.393 e. The molecule has 1 amide bonds. The molecule has 1 aromatic heterocycles. The van der Waals surface area contributed by atoms with Gasteiger partial charge in [0.05, 0.1) is 10.5 Å². The normalized spacial score (nSPS) is 12.1. The molecule has 2 N–H and O–H groups in total. The van der Waals surface area contributed by atoms with Gasteiger partial charge in [0, 0.05) is 36.7 Å². The number of hydrogen-bond acceptors (Lipinski definition) is 3. The molecule has 4 nitrogen and oxygen atoms in total. The highest BCUT2D eigenvalue weighted by atomic mass is 32.1. The van der Waals surface area contributed by atoms with Crippen LogP contribution >= 0.6 is 12.2 Å². The highest BCUT2D eigenvalue weighted by Gasteiger charge is 2.16. The van der Waals surface area contributed by atoms with E-state index < -0.39 is 0 Å². The van der Waals surface area contributed by atoms with Crippen molar-refractivity contribution in [1.29, 1.82) is 0 Å². The molecular weight excluding hydrogens is 270 g/mol. The molecule has 20 heavy (non-hydrogen) atoms. The Labute approximate surface area is 123 Å². The molecule has 1 atom stereocenters. The lowest BCUT2D eigenvalue weighted by Gasteiger charge is -2.21. The van der Waals surface area contributed by atoms with Crippen molar-refractivity contribution in [3.8, 4) is 0 Å². The Morgan fingerprint density at radius 3 is 2.90 bits per heavy atom. The highest BCUT2D eigenvalue weighted by molar-refractivity contribution is 7.80. The molecule has 0 spiro atoms. The van der Waals surface area contributed by atoms with Crippen LogP contribution in [0.5, 0.6) is 0 Å². The number of hydrogen-bond donors (Lipinski definition) is 1. The van der Waals surface area contributed by atoms with Crippen molar-refractivity contribution < 1.29 is 4.79 Å². The molecule has 1 heterocycles. The molecule has 0 aliphatic carbocycles. The van der Waals surface area contributed by atoms with Crippen LogP contribution in [0, 0.1) is 5.92 Å². The van der Waals surface area contributed by atoms with Crippen LogP contribution in [0.1, 0.15) is 17.3 Å². The average molecular weight is 287 g/mol. The summed E-state index contributed by atoms with van der Waals surface area (Å²) < 4.78 is 0. The fourth-order valence-corrected chi connectivity index (χ4v) is 2.09. The van der Waals surface area contributed by atoms with Crippen LogP contribution in [-0.4, -0.2) is 34.4 Å². The Hall–Kier alpha value is -2.01. The standard InChI is InChI=1S/C15H17N3OS/c1-10(14(16)20)9-18(2)15(19)12-5-6-13-11(8-12)4-3-7-17-13/h3-8,10H,9H2,1-2H3,(H2,16,20). The summed E-state index contributed by atoms with van der Waals surface area (Å²) in [5, 5.41) is 0.953. The van der Waals surface area contributed by atoms with E-state index in [1.807, 2.05) is 31.2 Å². The molecule has 2 aromatic rings. The van der Waals surface area contributed by atoms with E-state index in [-0.39, 0.29) is 11.8 Å². The van der Waals surface area contributed by atoms with E-state index in [0.29, 0.717) is 17.1 Å². The Balaban J connectivity index is 2.20. The first-order chi connectivity index (χ1) is 9.49. The Bertz CT molecular complexity index is 656. The van der Waals surface area contributed by atoms with Crippen molar-refractivity contribution in [2.24, 2.45) is 11.7 Å². The first-order valence-corrected chi connectivity index (χ1v) is 6.79. The van der Waals surface area contributed by atoms with E-state index in [1.165, 1.54) is 0 Å². The molecule has 2 rings (SSSR count). The van der Waals surface area contributed by atoms with Crippen molar-refractivity contribution in [1.82, 2.24) is 9.88 Å². The summed E-state index contributed by atoms with van der Waals surface area (Å²) in [4.78, 5) is 18.7. The summed E-state index contributed by atoms with van der Waals surface area (Å²) in [6.45, 7) is 2.43. The number of pyridine rings is 1. The van der Waals surface area contributed by atoms with E-state index in [9.17, 15) is 4.79 Å². The van der Waals surface area contributed by atoms with Crippen LogP contribution in [-0.2, 0) is 0 Å². The number of rotatable bonds is 4. The zero-order valence-corrected chi connectivity index (χ0v) is 12.4. The first-order valence-electron chi connectivity index (χ1n) is 6.38. The van der Waals surface area contributed by atoms with Gasteiger partial charge in [0.15, 0.2) is 0 Å². The summed E-state index contributed by atoms with van der Waals surface area (Å²) in [5.41, 5.74) is 7.10. The lowest BCUT2D eigenvalue weighted by Crippen LogP contribution is -2.35. The van der Waals surface area contributed by atoms with Crippen molar-refractivity contribution in [2.75, 3.05) is 13.6 Å². The Kier molecular flexibility index (Phi) is 4.29. The molecule has 0 radical (unpaired) electrons. The number of thiocarbonyl (C=S) groups is 1. The molecule has 0 fully saturated rings. The predicted octanol–water partition coefficient (Wildman–Crippen LogP) is 2.23. The van der Waals surface area contributed by atoms with Gasteiger partial charge in [0.25, 0.3) is 5.91 Å². The maximum absolute atomic E-state index is 12.4. The summed E-state index contributed by atoms with van der Waals surface area (Å²) in [5.74, 6) is -0.0417. The third-order valence-corrected chi connectivity index (χ3v) is 3.63. The zero-order valence-electron chi connectivity index (χ0n) is 11.5. The topological polar surface area (TPSA) is 59.2 Å². The van der Waals surface area contributed by atoms with Crippen molar-refractivity contribution in [2.45, 2.75) is 6.92 Å². The van der Waals surface area contributed by atoms with E-state index in [4.69, 9.17) is 18.0 Å². The van der Waals surface area contributed by atoms with Crippen molar-refractivity contribution in [3.05, 3.63) is 42.1 Å². The molecule has 0 bridgehead atoms. The van der Waals surface area contributed by atoms with Crippen molar-refractivity contribution in [3.63, 3.8) is 0 Å². The van der Waals surface area contributed by atoms with Gasteiger partial charge in [-0.25, -0.2) is 0 Å². The van der Waals surface area contributed by atoms with Crippen LogP contribution < -0.4 is 5.73 Å². The summed E-state index contributed by atoms with van der Waals surface area (Å²) >= 11 is 4.93. The van der Waals surface area contributed by atoms with Gasteiger partial charge >= 0.3 is 0 Å². The fraction of sp³-hybridized carbons (Fsp3) is 0.267. The number of carbonyl (C=O) groups excluding carboxylic acids is 1. The number of amides is 1. The maximum atomic E-state index is 12.4. The third kappa shape index (κ3) is 3.11. The lowest BCUT2D eigenvalue weighted by molar-refractivity contribution is 0.0787. The molecule has 104 valence electrons. The van der Waals surface area contributed by atoms with E-state index in [2.05, 4.69) is 4.98 Å². The zero-order chi connectivity index (χ0) is 14.7. The Morgan fingerprint density at radius 2 is 2.20 bits per heavy atom. The van der Waals surface area contributed by atoms with Gasteiger partial charge in [0.1, 0.15) is 0 Å². The minimum atomic E-state index is -0.0427. The Morgan fingerprint density at radius 1 is 1.45 bits per heavy atom. The second-order valence-corrected chi connectivity index (χ2v) is 5.37. The van der Waals surface area contributed by atoms with Gasteiger partial charge in [-0.15, -0.1) is 0 Å². The monoisotopic (exact) mass is 287 g/mol. The van der Waals surface area contributed by atoms with E-state index in [0.717, 1.165) is 10.9 Å². The van der Waals surface area contributed by atoms with Crippen LogP contribution in [0.2, 0.25) is 0 Å². The smallest absolute Gasteiger partial charge is 0.253 e. The second-order valence-electron chi connectivity index (χ2n) is 4.90. The van der Waals surface area contributed by atoms with Gasteiger partial charge < -0.3 is 10.6 Å². The SMILES string of the molecule is CC(CN(C)C(=O)c1ccc2ncccc2c1)C(N)=S. The van der Waals surface area contributed by atoms with Crippen LogP contribution in [0.4, 0.5) is 0 Å². The quantitative estimate of drug-likeness (QED) is 0.876. The molecule has 1 unspecified atom stereocenters. The fourth-order valence-electron chi connectivity index (χ4n) is 2.01. The summed E-state index contributed by atoms with van der Waals surface area (Å²) in [6.07, 6.45) is 1.74. The van der Waals surface area contributed by atoms with Gasteiger partial charge in [-0.3, -0.25) is 9.78 Å². The second kappa shape index (κ2) is 5.96. The molecule has 0 aliphatic heterocycles. The highest BCUT2D eigenvalue weighted by Crippen LogP contribution is 2.15. The minimum absolute atomic E-state index is 0.000994. The number of carbonyl (C=O) groups is 1. The summed E-state index contributed by atoms with van der Waals surface area (Å²) in [6, 6.07) is 9.30. The van der Waals surface area contributed by atoms with Crippen LogP contribution in [0.15, 0.2) is 36.5 Å². The van der Waals surface area contributed by atoms with Gasteiger partial charge in [-0.2, -0.15) is 0 Å². The largest absolute Gasteiger partial charge is 0.393 e. The number of nitrogens with two attached hydrogens (primary N) is 1. The van der Waals surface area contributed by atoms with Gasteiger partial charge in [0.2, 0.25) is 0 Å². The van der Waals surface area contributed by atoms with Crippen LogP contribution in [0.25, 0.3) is 10.9 Å². The van der Waals surface area contributed by atoms with Crippen molar-refractivity contribution >= 4 is 34.0 Å². The average Bonchev–Trinajstić information content (AvgIpc) is 2.45. The lowest BCUT2D eigenvalue weighted by atomic mass is 10.1. The molecule has 1 aromatic carbocycles. The van der Waals surface area contributed by atoms with E-state index >= 15 is 0 Å². The molecule has 0 saturated heterocycles. The van der Waals surface area contributed by atoms with Gasteiger partial charge in [-0.1, -0.05) is 25.2 Å². The first kappa shape index (κ1) is 14.4. The molecule has 5 heteroatoms. The predicted molar refractivity (Wildman–Crippen MR) is 84.7 cm³/mol. The van der Waals surface area contributed by atoms with E-state index in [1.54, 1.807) is 24.2 Å². The van der Waals surface area contributed by atoms with Crippen LogP contribution in [0.3, 0.4) is 0 Å². The number of aromatic nitrogens is 1. The maximum Gasteiger partial charge on any atom is 0.253 e. The van der Waals surface area contributed by atoms with Gasteiger partial charge in [-0.05, 0) is 24.3 Å². The number of nitrogens with zero attached hydrogens (tertiary/aromatic N) is 2. The third-order valence-electron chi connectivity index (χ3n) is 3.23. The molecule has 0 aliphatic rings. The summed E-state index contributed by atoms with van der Waals surface area (Å²) in [7, 11) is 1.75. The molecule has 0 saturated carbocycles.